The fourth-order valence-electron chi connectivity index (χ4n) is 7.03. The Labute approximate surface area is 291 Å². The molecule has 0 heterocycles. The number of carboxylic acid groups (broad SMARTS) is 1. The second-order valence-electron chi connectivity index (χ2n) is 15.0. The fourth-order valence-corrected chi connectivity index (χ4v) is 7.03. The average molecular weight is 647 g/mol. The summed E-state index contributed by atoms with van der Waals surface area (Å²) in [6, 6.07) is 0. The third-order valence-electron chi connectivity index (χ3n) is 10.3. The second-order valence-corrected chi connectivity index (χ2v) is 15.0. The summed E-state index contributed by atoms with van der Waals surface area (Å²) in [5.41, 5.74) is 0. The van der Waals surface area contributed by atoms with E-state index in [4.69, 9.17) is 0 Å². The Kier molecular flexibility index (Phi) is 39.7. The zero-order valence-electron chi connectivity index (χ0n) is 32.0. The van der Waals surface area contributed by atoms with Crippen molar-refractivity contribution in [3.8, 4) is 0 Å². The number of aliphatic carboxylic acids is 1. The first-order chi connectivity index (χ1) is 22.7. The Bertz CT molecular complexity index is 597. The molecule has 0 aliphatic carbocycles. The number of carboxylic acids is 1. The smallest absolute Gasteiger partial charge is 0.306 e. The first-order valence-electron chi connectivity index (χ1n) is 21.6. The van der Waals surface area contributed by atoms with E-state index in [1.54, 1.807) is 0 Å². The van der Waals surface area contributed by atoms with E-state index < -0.39 is 5.97 Å². The van der Waals surface area contributed by atoms with Crippen molar-refractivity contribution in [1.29, 1.82) is 0 Å². The molecular weight excluding hydrogens is 560 g/mol. The molecule has 1 N–H and O–H groups in total. The summed E-state index contributed by atoms with van der Waals surface area (Å²) in [7, 11) is 0. The summed E-state index contributed by atoms with van der Waals surface area (Å²) < 4.78 is 0. The lowest BCUT2D eigenvalue weighted by Gasteiger charge is -2.12. The van der Waals surface area contributed by atoms with Crippen LogP contribution in [0.2, 0.25) is 0 Å². The minimum absolute atomic E-state index is 0.105. The highest BCUT2D eigenvalue weighted by atomic mass is 16.4. The van der Waals surface area contributed by atoms with Crippen LogP contribution in [0.25, 0.3) is 0 Å². The van der Waals surface area contributed by atoms with Gasteiger partial charge in [-0.3, -0.25) is 4.79 Å². The van der Waals surface area contributed by atoms with Gasteiger partial charge in [-0.2, -0.15) is 0 Å². The zero-order valence-corrected chi connectivity index (χ0v) is 32.0. The molecule has 1 unspecified atom stereocenters. The minimum atomic E-state index is -0.555. The van der Waals surface area contributed by atoms with E-state index in [-0.39, 0.29) is 5.92 Å². The topological polar surface area (TPSA) is 37.3 Å². The third-order valence-corrected chi connectivity index (χ3v) is 10.3. The van der Waals surface area contributed by atoms with E-state index in [2.05, 4.69) is 26.0 Å². The second kappa shape index (κ2) is 40.4. The first-order valence-corrected chi connectivity index (χ1v) is 21.6. The van der Waals surface area contributed by atoms with Crippen LogP contribution in [0.1, 0.15) is 258 Å². The van der Waals surface area contributed by atoms with Gasteiger partial charge in [0.15, 0.2) is 0 Å². The summed E-state index contributed by atoms with van der Waals surface area (Å²) in [4.78, 5) is 11.7. The standard InChI is InChI=1S/C44H86O2/c1-3-5-7-9-11-13-15-17-19-21-23-24-26-28-30-32-34-36-38-40-42-43(44(45)46)41-39-37-35-33-31-29-27-25-22-20-18-16-14-12-10-8-6-4-2/h17,19,43H,3-16,18,20-42H2,1-2H3,(H,45,46). The highest BCUT2D eigenvalue weighted by molar-refractivity contribution is 5.69. The van der Waals surface area contributed by atoms with Gasteiger partial charge >= 0.3 is 5.97 Å². The Morgan fingerprint density at radius 1 is 0.370 bits per heavy atom. The van der Waals surface area contributed by atoms with Gasteiger partial charge in [-0.05, 0) is 38.5 Å². The monoisotopic (exact) mass is 647 g/mol. The van der Waals surface area contributed by atoms with E-state index in [0.29, 0.717) is 0 Å². The summed E-state index contributed by atoms with van der Waals surface area (Å²) >= 11 is 0. The maximum absolute atomic E-state index is 11.7. The van der Waals surface area contributed by atoms with Gasteiger partial charge < -0.3 is 5.11 Å². The van der Waals surface area contributed by atoms with Crippen LogP contribution < -0.4 is 0 Å². The lowest BCUT2D eigenvalue weighted by Crippen LogP contribution is -2.13. The van der Waals surface area contributed by atoms with Crippen molar-refractivity contribution < 1.29 is 9.90 Å². The molecule has 274 valence electrons. The van der Waals surface area contributed by atoms with Gasteiger partial charge in [0.25, 0.3) is 0 Å². The van der Waals surface area contributed by atoms with E-state index in [9.17, 15) is 9.90 Å². The van der Waals surface area contributed by atoms with Gasteiger partial charge in [0.2, 0.25) is 0 Å². The zero-order chi connectivity index (χ0) is 33.4. The maximum Gasteiger partial charge on any atom is 0.306 e. The lowest BCUT2D eigenvalue weighted by atomic mass is 9.94. The first kappa shape index (κ1) is 45.2. The molecule has 2 nitrogen and oxygen atoms in total. The Morgan fingerprint density at radius 3 is 0.826 bits per heavy atom. The van der Waals surface area contributed by atoms with Crippen LogP contribution in [0.4, 0.5) is 0 Å². The van der Waals surface area contributed by atoms with Crippen LogP contribution in [0.15, 0.2) is 12.2 Å². The van der Waals surface area contributed by atoms with Crippen LogP contribution in [0, 0.1) is 5.92 Å². The van der Waals surface area contributed by atoms with Gasteiger partial charge in [0, 0.05) is 0 Å². The molecule has 0 aliphatic rings. The molecule has 0 spiro atoms. The normalized spacial score (nSPS) is 12.4. The highest BCUT2D eigenvalue weighted by Gasteiger charge is 2.16. The Morgan fingerprint density at radius 2 is 0.587 bits per heavy atom. The molecule has 2 heteroatoms. The fraction of sp³-hybridized carbons (Fsp3) is 0.932. The van der Waals surface area contributed by atoms with Gasteiger partial charge in [-0.15, -0.1) is 0 Å². The number of carbonyl (C=O) groups is 1. The molecule has 0 aromatic heterocycles. The van der Waals surface area contributed by atoms with Crippen LogP contribution in [-0.2, 0) is 4.79 Å². The number of rotatable bonds is 40. The molecule has 0 saturated carbocycles. The largest absolute Gasteiger partial charge is 0.481 e. The number of hydrogen-bond acceptors (Lipinski definition) is 1. The summed E-state index contributed by atoms with van der Waals surface area (Å²) in [5, 5.41) is 9.67. The van der Waals surface area contributed by atoms with Gasteiger partial charge in [-0.1, -0.05) is 231 Å². The summed E-state index contributed by atoms with van der Waals surface area (Å²) in [6.07, 6.45) is 55.7. The molecule has 0 saturated heterocycles. The molecule has 0 rings (SSSR count). The van der Waals surface area contributed by atoms with E-state index >= 15 is 0 Å². The predicted octanol–water partition coefficient (Wildman–Crippen LogP) is 16.1. The Balaban J connectivity index is 3.38. The van der Waals surface area contributed by atoms with Crippen LogP contribution in [0.5, 0.6) is 0 Å². The van der Waals surface area contributed by atoms with Crippen molar-refractivity contribution in [2.24, 2.45) is 5.92 Å². The molecule has 0 aromatic rings. The molecule has 0 amide bonds. The van der Waals surface area contributed by atoms with Crippen LogP contribution >= 0.6 is 0 Å². The lowest BCUT2D eigenvalue weighted by molar-refractivity contribution is -0.142. The Hall–Kier alpha value is -0.790. The van der Waals surface area contributed by atoms with Crippen LogP contribution in [0.3, 0.4) is 0 Å². The molecule has 0 aliphatic heterocycles. The summed E-state index contributed by atoms with van der Waals surface area (Å²) in [6.45, 7) is 4.58. The average Bonchev–Trinajstić information content (AvgIpc) is 3.05. The highest BCUT2D eigenvalue weighted by Crippen LogP contribution is 2.21. The predicted molar refractivity (Wildman–Crippen MR) is 207 cm³/mol. The van der Waals surface area contributed by atoms with Crippen molar-refractivity contribution in [2.45, 2.75) is 258 Å². The van der Waals surface area contributed by atoms with Gasteiger partial charge in [-0.25, -0.2) is 0 Å². The third kappa shape index (κ3) is 37.7. The van der Waals surface area contributed by atoms with E-state index in [1.807, 2.05) is 0 Å². The van der Waals surface area contributed by atoms with Gasteiger partial charge in [0.05, 0.1) is 5.92 Å². The van der Waals surface area contributed by atoms with Crippen molar-refractivity contribution in [2.75, 3.05) is 0 Å². The number of hydrogen-bond donors (Lipinski definition) is 1. The van der Waals surface area contributed by atoms with E-state index in [1.165, 1.54) is 218 Å². The minimum Gasteiger partial charge on any atom is -0.481 e. The number of allylic oxidation sites excluding steroid dienone is 2. The van der Waals surface area contributed by atoms with Crippen molar-refractivity contribution in [3.05, 3.63) is 12.2 Å². The molecule has 0 fully saturated rings. The van der Waals surface area contributed by atoms with Crippen molar-refractivity contribution in [1.82, 2.24) is 0 Å². The van der Waals surface area contributed by atoms with Gasteiger partial charge in [0.1, 0.15) is 0 Å². The molecular formula is C44H86O2. The maximum atomic E-state index is 11.7. The van der Waals surface area contributed by atoms with Crippen LogP contribution in [-0.4, -0.2) is 11.1 Å². The molecule has 0 bridgehead atoms. The molecule has 0 aromatic carbocycles. The van der Waals surface area contributed by atoms with Crippen molar-refractivity contribution >= 4 is 5.97 Å². The molecule has 0 radical (unpaired) electrons. The number of unbranched alkanes of at least 4 members (excludes halogenated alkanes) is 33. The quantitative estimate of drug-likeness (QED) is 0.0531. The van der Waals surface area contributed by atoms with E-state index in [0.717, 1.165) is 25.7 Å². The molecule has 46 heavy (non-hydrogen) atoms. The summed E-state index contributed by atoms with van der Waals surface area (Å²) in [5.74, 6) is -0.660. The SMILES string of the molecule is CCCCCCCCC=CCCCCCCCCCCCCC(CCCCCCCCCCCCCCCCCCCC)C(=O)O. The van der Waals surface area contributed by atoms with Crippen molar-refractivity contribution in [3.63, 3.8) is 0 Å². The molecule has 1 atom stereocenters.